The van der Waals surface area contributed by atoms with Gasteiger partial charge in [0.05, 0.1) is 0 Å². The summed E-state index contributed by atoms with van der Waals surface area (Å²) in [5, 5.41) is 2.51. The van der Waals surface area contributed by atoms with Crippen LogP contribution in [0.2, 0.25) is 0 Å². The van der Waals surface area contributed by atoms with Gasteiger partial charge in [0.15, 0.2) is 0 Å². The monoisotopic (exact) mass is 200 g/mol. The molecule has 1 atom stereocenters. The lowest BCUT2D eigenvalue weighted by Crippen LogP contribution is -1.73. The van der Waals surface area contributed by atoms with Crippen molar-refractivity contribution in [2.24, 2.45) is 0 Å². The van der Waals surface area contributed by atoms with Crippen LogP contribution in [-0.2, 0) is 0 Å². The van der Waals surface area contributed by atoms with E-state index in [-0.39, 0.29) is 0 Å². The summed E-state index contributed by atoms with van der Waals surface area (Å²) in [6.07, 6.45) is 0. The van der Waals surface area contributed by atoms with Crippen molar-refractivity contribution < 1.29 is 0 Å². The van der Waals surface area contributed by atoms with Crippen LogP contribution in [0.1, 0.15) is 17.1 Å². The molecule has 2 aromatic rings. The predicted octanol–water partition coefficient (Wildman–Crippen LogP) is 3.95. The first-order chi connectivity index (χ1) is 5.27. The van der Waals surface area contributed by atoms with Crippen LogP contribution < -0.4 is 0 Å². The first-order valence-corrected chi connectivity index (χ1v) is 5.63. The fourth-order valence-electron chi connectivity index (χ4n) is 0.990. The van der Waals surface area contributed by atoms with E-state index in [1.807, 2.05) is 11.3 Å². The molecule has 0 saturated carbocycles. The highest BCUT2D eigenvalue weighted by atomic mass is 32.1. The van der Waals surface area contributed by atoms with Gasteiger partial charge in [0, 0.05) is 19.5 Å². The van der Waals surface area contributed by atoms with Gasteiger partial charge in [0.1, 0.15) is 0 Å². The maximum absolute atomic E-state index is 4.39. The SMILES string of the molecule is CC(S)c1cc2sccc2s1. The fourth-order valence-corrected chi connectivity index (χ4v) is 3.28. The Bertz CT molecular complexity index is 327. The zero-order valence-electron chi connectivity index (χ0n) is 6.07. The number of thiol groups is 1. The Kier molecular flexibility index (Phi) is 1.95. The molecule has 0 spiro atoms. The second-order valence-electron chi connectivity index (χ2n) is 2.47. The number of hydrogen-bond acceptors (Lipinski definition) is 3. The van der Waals surface area contributed by atoms with Gasteiger partial charge < -0.3 is 0 Å². The second-order valence-corrected chi connectivity index (χ2v) is 5.31. The molecule has 0 saturated heterocycles. The van der Waals surface area contributed by atoms with Gasteiger partial charge in [0.2, 0.25) is 0 Å². The molecular weight excluding hydrogens is 192 g/mol. The Morgan fingerprint density at radius 2 is 2.27 bits per heavy atom. The van der Waals surface area contributed by atoms with E-state index in [2.05, 4.69) is 37.1 Å². The van der Waals surface area contributed by atoms with Crippen LogP contribution in [0, 0.1) is 0 Å². The number of rotatable bonds is 1. The van der Waals surface area contributed by atoms with Crippen LogP contribution >= 0.6 is 35.3 Å². The fraction of sp³-hybridized carbons (Fsp3) is 0.250. The third kappa shape index (κ3) is 1.33. The Balaban J connectivity index is 2.58. The summed E-state index contributed by atoms with van der Waals surface area (Å²) < 4.78 is 2.79. The summed E-state index contributed by atoms with van der Waals surface area (Å²) in [5.41, 5.74) is 0. The molecular formula is C8H8S3. The highest BCUT2D eigenvalue weighted by Crippen LogP contribution is 2.34. The molecule has 0 radical (unpaired) electrons. The lowest BCUT2D eigenvalue weighted by Gasteiger charge is -1.95. The molecule has 1 unspecified atom stereocenters. The van der Waals surface area contributed by atoms with Gasteiger partial charge in [-0.25, -0.2) is 0 Å². The molecule has 11 heavy (non-hydrogen) atoms. The summed E-state index contributed by atoms with van der Waals surface area (Å²) in [5.74, 6) is 0. The van der Waals surface area contributed by atoms with Crippen molar-refractivity contribution in [3.05, 3.63) is 22.4 Å². The Morgan fingerprint density at radius 3 is 2.91 bits per heavy atom. The van der Waals surface area contributed by atoms with Crippen molar-refractivity contribution >= 4 is 44.7 Å². The van der Waals surface area contributed by atoms with Gasteiger partial charge in [-0.3, -0.25) is 0 Å². The van der Waals surface area contributed by atoms with Crippen LogP contribution in [-0.4, -0.2) is 0 Å². The van der Waals surface area contributed by atoms with Crippen LogP contribution in [0.25, 0.3) is 9.40 Å². The van der Waals surface area contributed by atoms with Gasteiger partial charge in [-0.15, -0.1) is 22.7 Å². The normalized spacial score (nSPS) is 14.0. The van der Waals surface area contributed by atoms with E-state index in [4.69, 9.17) is 0 Å². The number of hydrogen-bond donors (Lipinski definition) is 1. The van der Waals surface area contributed by atoms with Crippen molar-refractivity contribution in [1.29, 1.82) is 0 Å². The molecule has 2 heterocycles. The topological polar surface area (TPSA) is 0 Å². The molecule has 0 aliphatic rings. The predicted molar refractivity (Wildman–Crippen MR) is 57.1 cm³/mol. The van der Waals surface area contributed by atoms with Crippen molar-refractivity contribution in [3.8, 4) is 0 Å². The zero-order chi connectivity index (χ0) is 7.84. The average Bonchev–Trinajstić information content (AvgIpc) is 2.40. The van der Waals surface area contributed by atoms with Crippen LogP contribution in [0.4, 0.5) is 0 Å². The van der Waals surface area contributed by atoms with Crippen molar-refractivity contribution in [2.45, 2.75) is 12.2 Å². The summed E-state index contributed by atoms with van der Waals surface area (Å²) in [6.45, 7) is 2.11. The first kappa shape index (κ1) is 7.65. The van der Waals surface area contributed by atoms with E-state index in [0.29, 0.717) is 5.25 Å². The van der Waals surface area contributed by atoms with Gasteiger partial charge in [-0.05, 0) is 24.4 Å². The molecule has 0 aliphatic carbocycles. The Hall–Kier alpha value is 0.01000. The number of thiophene rings is 2. The largest absolute Gasteiger partial charge is 0.171 e. The van der Waals surface area contributed by atoms with Crippen LogP contribution in [0.3, 0.4) is 0 Å². The highest BCUT2D eigenvalue weighted by Gasteiger charge is 2.05. The van der Waals surface area contributed by atoms with E-state index < -0.39 is 0 Å². The van der Waals surface area contributed by atoms with E-state index in [1.54, 1.807) is 11.3 Å². The minimum absolute atomic E-state index is 0.375. The quantitative estimate of drug-likeness (QED) is 0.662. The molecule has 2 rings (SSSR count). The summed E-state index contributed by atoms with van der Waals surface area (Å²) >= 11 is 8.04. The minimum atomic E-state index is 0.375. The molecule has 0 N–H and O–H groups in total. The average molecular weight is 200 g/mol. The lowest BCUT2D eigenvalue weighted by atomic mass is 10.4. The molecule has 0 amide bonds. The lowest BCUT2D eigenvalue weighted by molar-refractivity contribution is 1.16. The molecule has 58 valence electrons. The van der Waals surface area contributed by atoms with Crippen LogP contribution in [0.5, 0.6) is 0 Å². The van der Waals surface area contributed by atoms with E-state index >= 15 is 0 Å². The Morgan fingerprint density at radius 1 is 1.45 bits per heavy atom. The highest BCUT2D eigenvalue weighted by molar-refractivity contribution is 7.80. The van der Waals surface area contributed by atoms with E-state index in [0.717, 1.165) is 0 Å². The van der Waals surface area contributed by atoms with E-state index in [9.17, 15) is 0 Å². The van der Waals surface area contributed by atoms with Crippen LogP contribution in [0.15, 0.2) is 17.5 Å². The molecule has 0 aromatic carbocycles. The molecule has 0 fully saturated rings. The summed E-state index contributed by atoms with van der Waals surface area (Å²) in [6, 6.07) is 4.41. The van der Waals surface area contributed by atoms with Crippen molar-refractivity contribution in [3.63, 3.8) is 0 Å². The third-order valence-electron chi connectivity index (χ3n) is 1.57. The summed E-state index contributed by atoms with van der Waals surface area (Å²) in [7, 11) is 0. The van der Waals surface area contributed by atoms with E-state index in [1.165, 1.54) is 14.3 Å². The maximum Gasteiger partial charge on any atom is 0.0453 e. The van der Waals surface area contributed by atoms with Crippen molar-refractivity contribution in [2.75, 3.05) is 0 Å². The molecule has 0 bridgehead atoms. The zero-order valence-corrected chi connectivity index (χ0v) is 8.60. The Labute approximate surface area is 79.3 Å². The van der Waals surface area contributed by atoms with Crippen molar-refractivity contribution in [1.82, 2.24) is 0 Å². The van der Waals surface area contributed by atoms with Gasteiger partial charge in [-0.2, -0.15) is 12.6 Å². The molecule has 0 aliphatic heterocycles. The third-order valence-corrected chi connectivity index (χ3v) is 4.30. The second kappa shape index (κ2) is 2.81. The first-order valence-electron chi connectivity index (χ1n) is 3.42. The maximum atomic E-state index is 4.39. The summed E-state index contributed by atoms with van der Waals surface area (Å²) in [4.78, 5) is 1.37. The molecule has 0 nitrogen and oxygen atoms in total. The standard InChI is InChI=1S/C8H8S3/c1-5(9)7-4-8-6(11-7)2-3-10-8/h2-5,9H,1H3. The molecule has 3 heteroatoms. The number of fused-ring (bicyclic) bond motifs is 1. The van der Waals surface area contributed by atoms with Gasteiger partial charge >= 0.3 is 0 Å². The van der Waals surface area contributed by atoms with Gasteiger partial charge in [0.25, 0.3) is 0 Å². The minimum Gasteiger partial charge on any atom is -0.171 e. The molecule has 2 aromatic heterocycles. The van der Waals surface area contributed by atoms with Gasteiger partial charge in [-0.1, -0.05) is 0 Å². The smallest absolute Gasteiger partial charge is 0.0453 e.